The van der Waals surface area contributed by atoms with E-state index >= 15 is 0 Å². The van der Waals surface area contributed by atoms with Crippen LogP contribution in [0.3, 0.4) is 0 Å². The van der Waals surface area contributed by atoms with Gasteiger partial charge in [0.2, 0.25) is 0 Å². The molecule has 1 heterocycles. The van der Waals surface area contributed by atoms with Crippen LogP contribution in [-0.4, -0.2) is 9.97 Å². The third kappa shape index (κ3) is 3.15. The minimum atomic E-state index is 0.248. The van der Waals surface area contributed by atoms with E-state index in [-0.39, 0.29) is 12.3 Å². The summed E-state index contributed by atoms with van der Waals surface area (Å²) in [7, 11) is 0. The summed E-state index contributed by atoms with van der Waals surface area (Å²) in [6, 6.07) is 2.03. The van der Waals surface area contributed by atoms with Gasteiger partial charge in [0, 0.05) is 0 Å². The van der Waals surface area contributed by atoms with Gasteiger partial charge in [0.05, 0.1) is 17.6 Å². The Kier molecular flexibility index (Phi) is 4.41. The highest BCUT2D eigenvalue weighted by atomic mass is 16.5. The minimum absolute atomic E-state index is 0.248. The van der Waals surface area contributed by atoms with Crippen LogP contribution in [0.4, 0.5) is 0 Å². The van der Waals surface area contributed by atoms with Gasteiger partial charge >= 0.3 is 0 Å². The molecule has 0 aliphatic heterocycles. The maximum atomic E-state index is 9.02. The van der Waals surface area contributed by atoms with Crippen LogP contribution >= 0.6 is 0 Å². The molecule has 1 rings (SSSR count). The largest absolute Gasteiger partial charge is 0.495 e. The number of nitriles is 1. The van der Waals surface area contributed by atoms with Gasteiger partial charge in [-0.3, -0.25) is 0 Å². The molecule has 0 radical (unpaired) electrons. The molecule has 0 saturated carbocycles. The molecule has 0 amide bonds. The molecular weight excluding hydrogens is 214 g/mol. The van der Waals surface area contributed by atoms with Crippen molar-refractivity contribution < 1.29 is 4.74 Å². The fourth-order valence-electron chi connectivity index (χ4n) is 1.38. The molecule has 0 aliphatic carbocycles. The summed E-state index contributed by atoms with van der Waals surface area (Å²) in [6.45, 7) is 9.60. The van der Waals surface area contributed by atoms with E-state index in [0.29, 0.717) is 11.4 Å². The topological polar surface area (TPSA) is 58.8 Å². The van der Waals surface area contributed by atoms with Crippen molar-refractivity contribution in [2.24, 2.45) is 0 Å². The normalized spacial score (nSPS) is 10.2. The number of aromatic nitrogens is 2. The average Bonchev–Trinajstić information content (AvgIpc) is 2.29. The van der Waals surface area contributed by atoms with Crippen molar-refractivity contribution in [1.29, 1.82) is 5.26 Å². The zero-order valence-electron chi connectivity index (χ0n) is 10.3. The molecule has 0 saturated heterocycles. The number of hydrogen-bond acceptors (Lipinski definition) is 4. The van der Waals surface area contributed by atoms with Crippen LogP contribution in [0.15, 0.2) is 18.9 Å². The van der Waals surface area contributed by atoms with E-state index in [9.17, 15) is 0 Å². The van der Waals surface area contributed by atoms with Crippen molar-refractivity contribution in [2.45, 2.75) is 27.4 Å². The van der Waals surface area contributed by atoms with Gasteiger partial charge < -0.3 is 4.74 Å². The highest BCUT2D eigenvalue weighted by Gasteiger charge is 2.11. The lowest BCUT2D eigenvalue weighted by atomic mass is 10.2. The monoisotopic (exact) mass is 229 g/mol. The van der Waals surface area contributed by atoms with Gasteiger partial charge in [-0.15, -0.1) is 0 Å². The third-order valence-corrected chi connectivity index (χ3v) is 2.10. The van der Waals surface area contributed by atoms with E-state index in [0.717, 1.165) is 11.3 Å². The number of aryl methyl sites for hydroxylation is 1. The predicted octanol–water partition coefficient (Wildman–Crippen LogP) is 2.74. The van der Waals surface area contributed by atoms with Crippen LogP contribution in [0.2, 0.25) is 0 Å². The molecule has 0 atom stereocenters. The molecule has 1 aromatic heterocycles. The quantitative estimate of drug-likeness (QED) is 0.745. The van der Waals surface area contributed by atoms with Crippen molar-refractivity contribution in [3.8, 4) is 6.07 Å². The van der Waals surface area contributed by atoms with E-state index in [1.807, 2.05) is 26.8 Å². The number of hydrogen-bond donors (Lipinski definition) is 0. The summed E-state index contributed by atoms with van der Waals surface area (Å²) >= 11 is 0. The van der Waals surface area contributed by atoms with Gasteiger partial charge in [0.15, 0.2) is 5.69 Å². The summed E-state index contributed by atoms with van der Waals surface area (Å²) in [6.07, 6.45) is 3.33. The average molecular weight is 229 g/mol. The van der Waals surface area contributed by atoms with Crippen LogP contribution < -0.4 is 0 Å². The maximum Gasteiger partial charge on any atom is 0.166 e. The molecule has 0 aromatic carbocycles. The molecule has 4 heteroatoms. The first-order chi connectivity index (χ1) is 8.10. The van der Waals surface area contributed by atoms with Gasteiger partial charge in [-0.25, -0.2) is 9.97 Å². The Morgan fingerprint density at radius 3 is 2.76 bits per heavy atom. The van der Waals surface area contributed by atoms with E-state index in [4.69, 9.17) is 10.00 Å². The summed E-state index contributed by atoms with van der Waals surface area (Å²) in [4.78, 5) is 8.57. The zero-order valence-corrected chi connectivity index (χ0v) is 10.3. The zero-order chi connectivity index (χ0) is 12.8. The molecule has 4 nitrogen and oxygen atoms in total. The second-order valence-electron chi connectivity index (χ2n) is 3.63. The lowest BCUT2D eigenvalue weighted by Gasteiger charge is -2.08. The Balaban J connectivity index is 3.11. The van der Waals surface area contributed by atoms with E-state index in [2.05, 4.69) is 16.5 Å². The lowest BCUT2D eigenvalue weighted by Crippen LogP contribution is -2.05. The molecule has 88 valence electrons. The summed E-state index contributed by atoms with van der Waals surface area (Å²) in [5, 5.41) is 9.02. The second-order valence-corrected chi connectivity index (χ2v) is 3.63. The fourth-order valence-corrected chi connectivity index (χ4v) is 1.38. The molecule has 0 aliphatic rings. The molecule has 0 N–H and O–H groups in total. The van der Waals surface area contributed by atoms with Crippen LogP contribution in [0, 0.1) is 18.3 Å². The SMILES string of the molecule is C=C(C)c1nc(C#N)c(CO/C=C\C)nc1C. The van der Waals surface area contributed by atoms with E-state index < -0.39 is 0 Å². The van der Waals surface area contributed by atoms with Crippen molar-refractivity contribution >= 4 is 5.57 Å². The Labute approximate surface area is 101 Å². The summed E-state index contributed by atoms with van der Waals surface area (Å²) in [5.74, 6) is 0. The fraction of sp³-hybridized carbons (Fsp3) is 0.308. The van der Waals surface area contributed by atoms with Gasteiger partial charge in [-0.2, -0.15) is 5.26 Å². The molecular formula is C13H15N3O. The van der Waals surface area contributed by atoms with Crippen LogP contribution in [-0.2, 0) is 11.3 Å². The molecule has 0 spiro atoms. The number of ether oxygens (including phenoxy) is 1. The second kappa shape index (κ2) is 5.80. The molecule has 0 unspecified atom stereocenters. The first-order valence-corrected chi connectivity index (χ1v) is 5.26. The highest BCUT2D eigenvalue weighted by Crippen LogP contribution is 2.15. The van der Waals surface area contributed by atoms with E-state index in [1.165, 1.54) is 0 Å². The van der Waals surface area contributed by atoms with Crippen molar-refractivity contribution in [1.82, 2.24) is 9.97 Å². The van der Waals surface area contributed by atoms with Gasteiger partial charge in [-0.1, -0.05) is 12.7 Å². The van der Waals surface area contributed by atoms with Gasteiger partial charge in [-0.05, 0) is 26.3 Å². The van der Waals surface area contributed by atoms with Gasteiger partial charge in [0.25, 0.3) is 0 Å². The molecule has 0 bridgehead atoms. The minimum Gasteiger partial charge on any atom is -0.495 e. The predicted molar refractivity (Wildman–Crippen MR) is 65.8 cm³/mol. The first kappa shape index (κ1) is 12.9. The van der Waals surface area contributed by atoms with Crippen molar-refractivity contribution in [3.05, 3.63) is 41.7 Å². The number of allylic oxidation sites excluding steroid dienone is 2. The van der Waals surface area contributed by atoms with Crippen LogP contribution in [0.1, 0.15) is 36.6 Å². The highest BCUT2D eigenvalue weighted by molar-refractivity contribution is 5.60. The van der Waals surface area contributed by atoms with Crippen molar-refractivity contribution in [2.75, 3.05) is 0 Å². The smallest absolute Gasteiger partial charge is 0.166 e. The standard InChI is InChI=1S/C13H15N3O/c1-5-6-17-8-12-11(7-14)16-13(9(2)3)10(4)15-12/h5-6H,2,8H2,1,3-4H3/b6-5-. The number of rotatable bonds is 4. The maximum absolute atomic E-state index is 9.02. The third-order valence-electron chi connectivity index (χ3n) is 2.10. The van der Waals surface area contributed by atoms with Crippen molar-refractivity contribution in [3.63, 3.8) is 0 Å². The Morgan fingerprint density at radius 1 is 1.53 bits per heavy atom. The number of nitrogens with zero attached hydrogens (tertiary/aromatic N) is 3. The Morgan fingerprint density at radius 2 is 2.24 bits per heavy atom. The van der Waals surface area contributed by atoms with Crippen LogP contribution in [0.5, 0.6) is 0 Å². The van der Waals surface area contributed by atoms with Gasteiger partial charge in [0.1, 0.15) is 18.4 Å². The first-order valence-electron chi connectivity index (χ1n) is 5.26. The molecule has 0 fully saturated rings. The molecule has 17 heavy (non-hydrogen) atoms. The van der Waals surface area contributed by atoms with Crippen LogP contribution in [0.25, 0.3) is 5.57 Å². The summed E-state index contributed by atoms with van der Waals surface area (Å²) in [5.41, 5.74) is 3.07. The summed E-state index contributed by atoms with van der Waals surface area (Å²) < 4.78 is 5.21. The Bertz CT molecular complexity index is 498. The Hall–Kier alpha value is -2.15. The van der Waals surface area contributed by atoms with E-state index in [1.54, 1.807) is 12.3 Å². The molecule has 1 aromatic rings. The lowest BCUT2D eigenvalue weighted by molar-refractivity contribution is 0.231.